The largest absolute Gasteiger partial charge is 1.00 e. The van der Waals surface area contributed by atoms with E-state index in [2.05, 4.69) is 4.74 Å². The van der Waals surface area contributed by atoms with Crippen molar-refractivity contribution >= 4 is 29.4 Å². The molecule has 2 aromatic rings. The van der Waals surface area contributed by atoms with Gasteiger partial charge in [0, 0.05) is 5.39 Å². The zero-order valence-corrected chi connectivity index (χ0v) is 12.9. The number of benzene rings is 1. The second kappa shape index (κ2) is 5.79. The van der Waals surface area contributed by atoms with E-state index in [0.29, 0.717) is 5.39 Å². The molecule has 3 nitrogen and oxygen atoms in total. The maximum absolute atomic E-state index is 12.5. The smallest absolute Gasteiger partial charge is 0.463 e. The van der Waals surface area contributed by atoms with Crippen LogP contribution in [-0.2, 0) is 4.74 Å². The monoisotopic (exact) mass is 282 g/mol. The van der Waals surface area contributed by atoms with Gasteiger partial charge in [-0.15, -0.1) is 5.46 Å². The van der Waals surface area contributed by atoms with Gasteiger partial charge in [-0.2, -0.15) is 0 Å². The van der Waals surface area contributed by atoms with Crippen molar-refractivity contribution < 1.29 is 78.3 Å². The molecule has 90 valence electrons. The predicted octanol–water partition coefficient (Wildman–Crippen LogP) is -0.722. The average molecular weight is 282 g/mol. The first-order valence-corrected chi connectivity index (χ1v) is 4.73. The van der Waals surface area contributed by atoms with Crippen LogP contribution in [0.2, 0.25) is 0 Å². The maximum Gasteiger partial charge on any atom is 1.00 e. The Bertz CT molecular complexity index is 579. The van der Waals surface area contributed by atoms with Crippen LogP contribution in [0.25, 0.3) is 11.0 Å². The molecule has 8 heteroatoms. The quantitative estimate of drug-likeness (QED) is 0.539. The molecule has 1 aromatic heterocycles. The number of hydrogen-bond acceptors (Lipinski definition) is 3. The number of esters is 1. The summed E-state index contributed by atoms with van der Waals surface area (Å²) in [4.78, 5) is 11.1. The van der Waals surface area contributed by atoms with E-state index in [0.717, 1.165) is 12.1 Å². The molecule has 0 atom stereocenters. The van der Waals surface area contributed by atoms with Crippen LogP contribution in [-0.4, -0.2) is 20.1 Å². The molecule has 0 aliphatic carbocycles. The van der Waals surface area contributed by atoms with Gasteiger partial charge in [0.1, 0.15) is 5.58 Å². The Morgan fingerprint density at radius 1 is 1.28 bits per heavy atom. The fraction of sp³-hybridized carbons (Fsp3) is 0.100. The molecule has 0 aliphatic rings. The van der Waals surface area contributed by atoms with Crippen LogP contribution in [0.15, 0.2) is 28.7 Å². The van der Waals surface area contributed by atoms with Crippen molar-refractivity contribution in [3.63, 3.8) is 0 Å². The third-order valence-electron chi connectivity index (χ3n) is 2.31. The summed E-state index contributed by atoms with van der Waals surface area (Å²) in [6, 6.07) is 4.44. The number of hydrogen-bond donors (Lipinski definition) is 0. The Hall–Kier alpha value is -0.279. The van der Waals surface area contributed by atoms with Crippen molar-refractivity contribution in [3.05, 3.63) is 30.0 Å². The Morgan fingerprint density at radius 3 is 2.50 bits per heavy atom. The SMILES string of the molecule is COC(=O)c1cc2ccc([B-](F)(F)F)cc2o1.[K+]. The maximum atomic E-state index is 12.5. The summed E-state index contributed by atoms with van der Waals surface area (Å²) < 4.78 is 46.8. The standard InChI is InChI=1S/C10H7BF3O3.K/c1-16-10(15)9-4-6-2-3-7(11(12,13)14)5-8(6)17-9;/h2-5H,1H3;/q-1;+1. The van der Waals surface area contributed by atoms with Gasteiger partial charge in [-0.3, -0.25) is 0 Å². The first-order chi connectivity index (χ1) is 7.91. The van der Waals surface area contributed by atoms with E-state index in [1.807, 2.05) is 0 Å². The second-order valence-corrected chi connectivity index (χ2v) is 3.47. The number of ether oxygens (including phenoxy) is 1. The van der Waals surface area contributed by atoms with Gasteiger partial charge in [0.15, 0.2) is 0 Å². The van der Waals surface area contributed by atoms with Crippen molar-refractivity contribution in [2.75, 3.05) is 7.11 Å². The van der Waals surface area contributed by atoms with Gasteiger partial charge in [0.05, 0.1) is 7.11 Å². The molecule has 0 saturated heterocycles. The molecule has 18 heavy (non-hydrogen) atoms. The van der Waals surface area contributed by atoms with Crippen molar-refractivity contribution in [3.8, 4) is 0 Å². The first kappa shape index (κ1) is 15.8. The summed E-state index contributed by atoms with van der Waals surface area (Å²) >= 11 is 0. The molecule has 0 aliphatic heterocycles. The molecular weight excluding hydrogens is 275 g/mol. The number of furan rings is 1. The molecule has 1 aromatic carbocycles. The van der Waals surface area contributed by atoms with E-state index in [9.17, 15) is 17.7 Å². The van der Waals surface area contributed by atoms with Gasteiger partial charge < -0.3 is 22.1 Å². The van der Waals surface area contributed by atoms with Crippen molar-refractivity contribution in [2.24, 2.45) is 0 Å². The first-order valence-electron chi connectivity index (χ1n) is 4.73. The van der Waals surface area contributed by atoms with Gasteiger partial charge in [-0.1, -0.05) is 12.1 Å². The summed E-state index contributed by atoms with van der Waals surface area (Å²) in [5, 5.41) is 0.425. The molecule has 0 N–H and O–H groups in total. The average Bonchev–Trinajstić information content (AvgIpc) is 2.69. The number of carbonyl (C=O) groups excluding carboxylic acids is 1. The zero-order valence-electron chi connectivity index (χ0n) is 9.75. The van der Waals surface area contributed by atoms with Crippen molar-refractivity contribution in [1.29, 1.82) is 0 Å². The normalized spacial score (nSPS) is 11.1. The predicted molar refractivity (Wildman–Crippen MR) is 56.3 cm³/mol. The summed E-state index contributed by atoms with van der Waals surface area (Å²) in [6.45, 7) is -5.07. The Balaban J connectivity index is 0.00000162. The minimum atomic E-state index is -5.07. The fourth-order valence-corrected chi connectivity index (χ4v) is 1.45. The number of methoxy groups -OCH3 is 1. The molecule has 0 saturated carbocycles. The molecule has 0 radical (unpaired) electrons. The van der Waals surface area contributed by atoms with E-state index in [-0.39, 0.29) is 62.7 Å². The van der Waals surface area contributed by atoms with E-state index < -0.39 is 18.4 Å². The third kappa shape index (κ3) is 3.18. The third-order valence-corrected chi connectivity index (χ3v) is 2.31. The van der Waals surface area contributed by atoms with Crippen LogP contribution in [0.1, 0.15) is 10.6 Å². The van der Waals surface area contributed by atoms with E-state index >= 15 is 0 Å². The van der Waals surface area contributed by atoms with E-state index in [4.69, 9.17) is 4.42 Å². The molecule has 0 amide bonds. The van der Waals surface area contributed by atoms with E-state index in [1.54, 1.807) is 0 Å². The second-order valence-electron chi connectivity index (χ2n) is 3.47. The number of carbonyl (C=O) groups is 1. The van der Waals surface area contributed by atoms with Gasteiger partial charge in [0.2, 0.25) is 5.76 Å². The number of fused-ring (bicyclic) bond motifs is 1. The summed E-state index contributed by atoms with van der Waals surface area (Å²) in [5.74, 6) is -0.838. The summed E-state index contributed by atoms with van der Waals surface area (Å²) in [6.07, 6.45) is 0. The topological polar surface area (TPSA) is 39.4 Å². The van der Waals surface area contributed by atoms with E-state index in [1.165, 1.54) is 19.2 Å². The van der Waals surface area contributed by atoms with Crippen LogP contribution in [0, 0.1) is 0 Å². The van der Waals surface area contributed by atoms with Gasteiger partial charge in [-0.05, 0) is 12.1 Å². The van der Waals surface area contributed by atoms with Gasteiger partial charge >= 0.3 is 64.3 Å². The molecule has 0 spiro atoms. The van der Waals surface area contributed by atoms with Gasteiger partial charge in [-0.25, -0.2) is 4.79 Å². The number of halogens is 3. The van der Waals surface area contributed by atoms with Crippen LogP contribution in [0.3, 0.4) is 0 Å². The van der Waals surface area contributed by atoms with Crippen LogP contribution < -0.4 is 56.8 Å². The molecular formula is C10H7BF3KO3. The zero-order chi connectivity index (χ0) is 12.6. The molecule has 0 fully saturated rings. The molecule has 1 heterocycles. The minimum Gasteiger partial charge on any atom is -0.463 e. The van der Waals surface area contributed by atoms with Crippen LogP contribution >= 0.6 is 0 Å². The van der Waals surface area contributed by atoms with Crippen molar-refractivity contribution in [1.82, 2.24) is 0 Å². The minimum absolute atomic E-state index is 0. The van der Waals surface area contributed by atoms with Gasteiger partial charge in [0.25, 0.3) is 0 Å². The fourth-order valence-electron chi connectivity index (χ4n) is 1.45. The number of rotatable bonds is 2. The Labute approximate surface area is 143 Å². The van der Waals surface area contributed by atoms with Crippen LogP contribution in [0.5, 0.6) is 0 Å². The van der Waals surface area contributed by atoms with Crippen LogP contribution in [0.4, 0.5) is 12.9 Å². The molecule has 0 unspecified atom stereocenters. The molecule has 2 rings (SSSR count). The Morgan fingerprint density at radius 2 is 1.94 bits per heavy atom. The molecule has 0 bridgehead atoms. The summed E-state index contributed by atoms with van der Waals surface area (Å²) in [7, 11) is 1.17. The Kier molecular flexibility index (Phi) is 5.07. The summed E-state index contributed by atoms with van der Waals surface area (Å²) in [5.41, 5.74) is -0.745. The van der Waals surface area contributed by atoms with Crippen molar-refractivity contribution in [2.45, 2.75) is 0 Å².